The number of hydrogen-bond donors (Lipinski definition) is 0. The van der Waals surface area contributed by atoms with Gasteiger partial charge < -0.3 is 0 Å². The zero-order valence-corrected chi connectivity index (χ0v) is 7.23. The van der Waals surface area contributed by atoms with Gasteiger partial charge in [0.25, 0.3) is 0 Å². The molecule has 0 aliphatic heterocycles. The molecule has 66 valence electrons. The van der Waals surface area contributed by atoms with E-state index in [0.29, 0.717) is 0 Å². The van der Waals surface area contributed by atoms with E-state index in [4.69, 9.17) is 10.1 Å². The van der Waals surface area contributed by atoms with Gasteiger partial charge in [0.15, 0.2) is 7.05 Å². The molecule has 0 aliphatic rings. The summed E-state index contributed by atoms with van der Waals surface area (Å²) in [5, 5.41) is 8.81. The maximum atomic E-state index is 8.81. The minimum atomic E-state index is -0.500. The Morgan fingerprint density at radius 1 is 1.58 bits per heavy atom. The van der Waals surface area contributed by atoms with Crippen LogP contribution in [0.15, 0.2) is 24.4 Å². The minimum absolute atomic E-state index is 0.500. The second-order valence-corrected chi connectivity index (χ2v) is 2.11. The summed E-state index contributed by atoms with van der Waals surface area (Å²) in [5.74, 6) is 0. The number of pyridine rings is 1. The molecule has 0 N–H and O–H groups in total. The monoisotopic (exact) mass is 168 g/mol. The van der Waals surface area contributed by atoms with Crippen molar-refractivity contribution in [3.05, 3.63) is 40.2 Å². The Morgan fingerprint density at radius 2 is 2.17 bits per heavy atom. The molecule has 0 unspecified atom stereocenters. The van der Waals surface area contributed by atoms with Gasteiger partial charge in [-0.3, -0.25) is 15.1 Å². The van der Waals surface area contributed by atoms with E-state index in [1.165, 1.54) is 0 Å². The summed E-state index contributed by atoms with van der Waals surface area (Å²) in [5.41, 5.74) is 1.16. The Bertz CT molecular complexity index is 220. The molecule has 0 atom stereocenters. The predicted octanol–water partition coefficient (Wildman–Crippen LogP) is 1.54. The van der Waals surface area contributed by atoms with Crippen LogP contribution in [0.2, 0.25) is 0 Å². The van der Waals surface area contributed by atoms with Crippen molar-refractivity contribution in [2.24, 2.45) is 0 Å². The lowest BCUT2D eigenvalue weighted by Crippen LogP contribution is -1.81. The van der Waals surface area contributed by atoms with Crippen LogP contribution >= 0.6 is 0 Å². The SMILES string of the molecule is CCc1ccccn1.C[N+](=O)[O-]. The molecule has 4 heteroatoms. The van der Waals surface area contributed by atoms with Crippen LogP contribution < -0.4 is 0 Å². The molecule has 1 rings (SSSR count). The average Bonchev–Trinajstić information content (AvgIpc) is 2.05. The number of nitrogens with zero attached hydrogens (tertiary/aromatic N) is 2. The van der Waals surface area contributed by atoms with Crippen LogP contribution in [0, 0.1) is 10.1 Å². The van der Waals surface area contributed by atoms with E-state index in [-0.39, 0.29) is 0 Å². The Balaban J connectivity index is 0.000000261. The first kappa shape index (κ1) is 10.6. The Kier molecular flexibility index (Phi) is 5.51. The molecule has 0 aliphatic carbocycles. The van der Waals surface area contributed by atoms with Gasteiger partial charge in [0.1, 0.15) is 0 Å². The molecular weight excluding hydrogens is 156 g/mol. The molecule has 0 spiro atoms. The highest BCUT2D eigenvalue weighted by atomic mass is 16.6. The fraction of sp³-hybridized carbons (Fsp3) is 0.375. The first-order valence-corrected chi connectivity index (χ1v) is 3.64. The van der Waals surface area contributed by atoms with Crippen LogP contribution in [0.3, 0.4) is 0 Å². The number of hydrogen-bond acceptors (Lipinski definition) is 3. The first-order chi connectivity index (χ1) is 5.66. The van der Waals surface area contributed by atoms with E-state index in [0.717, 1.165) is 19.2 Å². The summed E-state index contributed by atoms with van der Waals surface area (Å²) in [6.07, 6.45) is 2.85. The lowest BCUT2D eigenvalue weighted by Gasteiger charge is -1.88. The summed E-state index contributed by atoms with van der Waals surface area (Å²) in [6.45, 7) is 2.10. The summed E-state index contributed by atoms with van der Waals surface area (Å²) in [7, 11) is 0.889. The van der Waals surface area contributed by atoms with E-state index in [1.807, 2.05) is 24.4 Å². The van der Waals surface area contributed by atoms with Crippen molar-refractivity contribution in [3.63, 3.8) is 0 Å². The van der Waals surface area contributed by atoms with Gasteiger partial charge in [0.05, 0.1) is 0 Å². The van der Waals surface area contributed by atoms with E-state index >= 15 is 0 Å². The number of nitro groups is 1. The van der Waals surface area contributed by atoms with Gasteiger partial charge in [-0.05, 0) is 18.6 Å². The van der Waals surface area contributed by atoms with Crippen LogP contribution in [-0.2, 0) is 6.42 Å². The number of aromatic nitrogens is 1. The van der Waals surface area contributed by atoms with Crippen molar-refractivity contribution < 1.29 is 4.92 Å². The maximum Gasteiger partial charge on any atom is 0.194 e. The third-order valence-electron chi connectivity index (χ3n) is 1.09. The Hall–Kier alpha value is -1.45. The fourth-order valence-electron chi connectivity index (χ4n) is 0.607. The third-order valence-corrected chi connectivity index (χ3v) is 1.09. The van der Waals surface area contributed by atoms with Gasteiger partial charge in [-0.1, -0.05) is 13.0 Å². The second-order valence-electron chi connectivity index (χ2n) is 2.11. The van der Waals surface area contributed by atoms with Crippen molar-refractivity contribution in [2.45, 2.75) is 13.3 Å². The Morgan fingerprint density at radius 3 is 2.42 bits per heavy atom. The minimum Gasteiger partial charge on any atom is -0.265 e. The molecule has 0 aromatic carbocycles. The molecular formula is C8H12N2O2. The molecule has 1 heterocycles. The van der Waals surface area contributed by atoms with Gasteiger partial charge in [-0.25, -0.2) is 0 Å². The highest BCUT2D eigenvalue weighted by Gasteiger charge is 1.81. The van der Waals surface area contributed by atoms with Crippen LogP contribution in [0.1, 0.15) is 12.6 Å². The van der Waals surface area contributed by atoms with Gasteiger partial charge in [0.2, 0.25) is 0 Å². The van der Waals surface area contributed by atoms with E-state index < -0.39 is 4.92 Å². The smallest absolute Gasteiger partial charge is 0.194 e. The first-order valence-electron chi connectivity index (χ1n) is 3.64. The van der Waals surface area contributed by atoms with Gasteiger partial charge in [-0.15, -0.1) is 0 Å². The molecule has 4 nitrogen and oxygen atoms in total. The molecule has 0 saturated heterocycles. The fourth-order valence-corrected chi connectivity index (χ4v) is 0.607. The van der Waals surface area contributed by atoms with Crippen molar-refractivity contribution in [1.29, 1.82) is 0 Å². The average molecular weight is 168 g/mol. The summed E-state index contributed by atoms with van der Waals surface area (Å²) in [6, 6.07) is 5.96. The standard InChI is InChI=1S/C7H9N.CH3NO2/c1-2-7-5-3-4-6-8-7;1-2(3)4/h3-6H,2H2,1H3;1H3. The molecule has 0 amide bonds. The topological polar surface area (TPSA) is 56.0 Å². The molecule has 1 aromatic heterocycles. The maximum absolute atomic E-state index is 8.81. The van der Waals surface area contributed by atoms with Crippen molar-refractivity contribution >= 4 is 0 Å². The van der Waals surface area contributed by atoms with Crippen LogP contribution in [0.5, 0.6) is 0 Å². The lowest BCUT2D eigenvalue weighted by molar-refractivity contribution is -0.445. The van der Waals surface area contributed by atoms with E-state index in [9.17, 15) is 0 Å². The summed E-state index contributed by atoms with van der Waals surface area (Å²) in [4.78, 5) is 12.4. The number of aryl methyl sites for hydroxylation is 1. The van der Waals surface area contributed by atoms with Gasteiger partial charge in [-0.2, -0.15) is 0 Å². The third kappa shape index (κ3) is 6.67. The van der Waals surface area contributed by atoms with Crippen molar-refractivity contribution in [1.82, 2.24) is 4.98 Å². The van der Waals surface area contributed by atoms with Crippen molar-refractivity contribution in [3.8, 4) is 0 Å². The highest BCUT2D eigenvalue weighted by molar-refractivity contribution is 5.02. The largest absolute Gasteiger partial charge is 0.265 e. The van der Waals surface area contributed by atoms with Gasteiger partial charge >= 0.3 is 0 Å². The van der Waals surface area contributed by atoms with Crippen LogP contribution in [0.4, 0.5) is 0 Å². The summed E-state index contributed by atoms with van der Waals surface area (Å²) >= 11 is 0. The molecule has 0 fully saturated rings. The second kappa shape index (κ2) is 6.27. The molecule has 0 radical (unpaired) electrons. The molecule has 12 heavy (non-hydrogen) atoms. The lowest BCUT2D eigenvalue weighted by atomic mass is 10.3. The van der Waals surface area contributed by atoms with Crippen molar-refractivity contribution in [2.75, 3.05) is 7.05 Å². The zero-order chi connectivity index (χ0) is 9.40. The van der Waals surface area contributed by atoms with E-state index in [1.54, 1.807) is 0 Å². The predicted molar refractivity (Wildman–Crippen MR) is 46.5 cm³/mol. The zero-order valence-electron chi connectivity index (χ0n) is 7.23. The normalized spacial score (nSPS) is 8.17. The van der Waals surface area contributed by atoms with Crippen LogP contribution in [-0.4, -0.2) is 17.0 Å². The van der Waals surface area contributed by atoms with Crippen LogP contribution in [0.25, 0.3) is 0 Å². The quantitative estimate of drug-likeness (QED) is 0.472. The Labute approximate surface area is 71.4 Å². The molecule has 0 saturated carbocycles. The van der Waals surface area contributed by atoms with Gasteiger partial charge in [0, 0.05) is 16.8 Å². The van der Waals surface area contributed by atoms with E-state index in [2.05, 4.69) is 11.9 Å². The number of rotatable bonds is 1. The highest BCUT2D eigenvalue weighted by Crippen LogP contribution is 1.91. The molecule has 0 bridgehead atoms. The summed E-state index contributed by atoms with van der Waals surface area (Å²) < 4.78 is 0. The molecule has 1 aromatic rings.